The van der Waals surface area contributed by atoms with Gasteiger partial charge in [-0.2, -0.15) is 10.5 Å². The number of rotatable bonds is 2. The van der Waals surface area contributed by atoms with Crippen LogP contribution in [-0.4, -0.2) is 10.7 Å². The van der Waals surface area contributed by atoms with Gasteiger partial charge in [0.05, 0.1) is 23.1 Å². The second kappa shape index (κ2) is 5.01. The molecule has 0 aliphatic heterocycles. The molecule has 1 atom stereocenters. The van der Waals surface area contributed by atoms with Crippen molar-refractivity contribution in [1.82, 2.24) is 0 Å². The van der Waals surface area contributed by atoms with E-state index in [0.717, 1.165) is 0 Å². The molecule has 1 saturated carbocycles. The Hall–Kier alpha value is -2.28. The first-order valence-electron chi connectivity index (χ1n) is 6.64. The molecule has 3 heteroatoms. The van der Waals surface area contributed by atoms with Gasteiger partial charge in [0.25, 0.3) is 0 Å². The summed E-state index contributed by atoms with van der Waals surface area (Å²) in [5, 5.41) is 29.0. The minimum atomic E-state index is -1.30. The van der Waals surface area contributed by atoms with Crippen molar-refractivity contribution in [2.75, 3.05) is 0 Å². The molecule has 2 rings (SSSR count). The van der Waals surface area contributed by atoms with E-state index in [1.54, 1.807) is 24.3 Å². The molecule has 0 heterocycles. The maximum absolute atomic E-state index is 10.8. The third-order valence-electron chi connectivity index (χ3n) is 3.92. The zero-order chi connectivity index (χ0) is 14.8. The summed E-state index contributed by atoms with van der Waals surface area (Å²) in [6, 6.07) is 11.2. The van der Waals surface area contributed by atoms with Crippen molar-refractivity contribution < 1.29 is 5.11 Å². The molecular formula is C17H16N2O. The van der Waals surface area contributed by atoms with Crippen LogP contribution in [0.2, 0.25) is 0 Å². The van der Waals surface area contributed by atoms with Crippen LogP contribution in [0.25, 0.3) is 0 Å². The van der Waals surface area contributed by atoms with Crippen molar-refractivity contribution in [2.24, 2.45) is 11.3 Å². The molecule has 1 fully saturated rings. The molecule has 0 bridgehead atoms. The Labute approximate surface area is 119 Å². The maximum atomic E-state index is 10.8. The molecule has 0 unspecified atom stereocenters. The Kier molecular flexibility index (Phi) is 3.54. The molecule has 1 N–H and O–H groups in total. The zero-order valence-corrected chi connectivity index (χ0v) is 11.6. The first-order valence-corrected chi connectivity index (χ1v) is 6.64. The minimum Gasteiger partial charge on any atom is -0.376 e. The van der Waals surface area contributed by atoms with Crippen LogP contribution < -0.4 is 0 Å². The molecule has 1 aromatic carbocycles. The maximum Gasteiger partial charge on any atom is 0.146 e. The van der Waals surface area contributed by atoms with E-state index in [1.807, 2.05) is 13.8 Å². The summed E-state index contributed by atoms with van der Waals surface area (Å²) in [5.74, 6) is 5.68. The lowest BCUT2D eigenvalue weighted by atomic mass is 9.77. The number of nitriles is 2. The van der Waals surface area contributed by atoms with E-state index >= 15 is 0 Å². The topological polar surface area (TPSA) is 67.8 Å². The predicted molar refractivity (Wildman–Crippen MR) is 75.1 cm³/mol. The Balaban J connectivity index is 2.38. The van der Waals surface area contributed by atoms with Crippen molar-refractivity contribution in [3.05, 3.63) is 35.4 Å². The summed E-state index contributed by atoms with van der Waals surface area (Å²) in [5.41, 5.74) is -0.825. The molecule has 0 spiro atoms. The van der Waals surface area contributed by atoms with Gasteiger partial charge < -0.3 is 5.11 Å². The number of hydrogen-bond acceptors (Lipinski definition) is 3. The van der Waals surface area contributed by atoms with Crippen molar-refractivity contribution in [3.63, 3.8) is 0 Å². The molecule has 0 amide bonds. The molecule has 100 valence electrons. The number of hydrogen-bond donors (Lipinski definition) is 1. The number of nitrogens with zero attached hydrogens (tertiary/aromatic N) is 2. The van der Waals surface area contributed by atoms with E-state index in [0.29, 0.717) is 24.0 Å². The molecule has 0 radical (unpaired) electrons. The third-order valence-corrected chi connectivity index (χ3v) is 3.92. The molecule has 1 aliphatic rings. The molecule has 1 aliphatic carbocycles. The lowest BCUT2D eigenvalue weighted by Crippen LogP contribution is -2.42. The van der Waals surface area contributed by atoms with Crippen LogP contribution in [-0.2, 0) is 0 Å². The van der Waals surface area contributed by atoms with Crippen LogP contribution >= 0.6 is 0 Å². The zero-order valence-electron chi connectivity index (χ0n) is 11.6. The highest BCUT2D eigenvalue weighted by atomic mass is 16.3. The van der Waals surface area contributed by atoms with E-state index < -0.39 is 11.0 Å². The average molecular weight is 264 g/mol. The SMILES string of the molecule is CC(C)[C@](O)(C#Cc1cccc(C#N)c1)C1(C#N)CC1. The fourth-order valence-corrected chi connectivity index (χ4v) is 2.35. The van der Waals surface area contributed by atoms with Crippen LogP contribution in [0.4, 0.5) is 0 Å². The molecule has 1 aromatic rings. The summed E-state index contributed by atoms with van der Waals surface area (Å²) < 4.78 is 0. The Morgan fingerprint density at radius 3 is 2.40 bits per heavy atom. The summed E-state index contributed by atoms with van der Waals surface area (Å²) in [6.45, 7) is 3.75. The van der Waals surface area contributed by atoms with Gasteiger partial charge in [-0.15, -0.1) is 0 Å². The Morgan fingerprint density at radius 1 is 1.25 bits per heavy atom. The van der Waals surface area contributed by atoms with Crippen molar-refractivity contribution in [1.29, 1.82) is 10.5 Å². The van der Waals surface area contributed by atoms with Crippen molar-refractivity contribution in [3.8, 4) is 24.0 Å². The smallest absolute Gasteiger partial charge is 0.146 e. The van der Waals surface area contributed by atoms with Crippen LogP contribution in [0.3, 0.4) is 0 Å². The second-order valence-corrected chi connectivity index (χ2v) is 5.56. The van der Waals surface area contributed by atoms with Gasteiger partial charge in [-0.3, -0.25) is 0 Å². The Bertz CT molecular complexity index is 663. The summed E-state index contributed by atoms with van der Waals surface area (Å²) in [7, 11) is 0. The van der Waals surface area contributed by atoms with Gasteiger partial charge in [0, 0.05) is 5.56 Å². The molecule has 3 nitrogen and oxygen atoms in total. The first-order chi connectivity index (χ1) is 9.47. The van der Waals surface area contributed by atoms with Crippen molar-refractivity contribution >= 4 is 0 Å². The predicted octanol–water partition coefficient (Wildman–Crippen LogP) is 2.60. The van der Waals surface area contributed by atoms with Gasteiger partial charge in [0.1, 0.15) is 5.60 Å². The highest BCUT2D eigenvalue weighted by molar-refractivity contribution is 5.44. The van der Waals surface area contributed by atoms with Crippen LogP contribution in [0, 0.1) is 45.8 Å². The van der Waals surface area contributed by atoms with Crippen LogP contribution in [0.5, 0.6) is 0 Å². The largest absolute Gasteiger partial charge is 0.376 e. The van der Waals surface area contributed by atoms with E-state index in [4.69, 9.17) is 5.26 Å². The van der Waals surface area contributed by atoms with E-state index in [9.17, 15) is 10.4 Å². The quantitative estimate of drug-likeness (QED) is 0.835. The lowest BCUT2D eigenvalue weighted by molar-refractivity contribution is 0.00476. The van der Waals surface area contributed by atoms with Gasteiger partial charge in [0.15, 0.2) is 0 Å². The van der Waals surface area contributed by atoms with Crippen LogP contribution in [0.15, 0.2) is 24.3 Å². The molecule has 20 heavy (non-hydrogen) atoms. The summed E-state index contributed by atoms with van der Waals surface area (Å²) in [4.78, 5) is 0. The molecular weight excluding hydrogens is 248 g/mol. The highest BCUT2D eigenvalue weighted by Gasteiger charge is 2.60. The fraction of sp³-hybridized carbons (Fsp3) is 0.412. The fourth-order valence-electron chi connectivity index (χ4n) is 2.35. The Morgan fingerprint density at radius 2 is 1.90 bits per heavy atom. The van der Waals surface area contributed by atoms with Crippen LogP contribution in [0.1, 0.15) is 37.8 Å². The van der Waals surface area contributed by atoms with E-state index in [1.165, 1.54) is 0 Å². The number of benzene rings is 1. The second-order valence-electron chi connectivity index (χ2n) is 5.56. The van der Waals surface area contributed by atoms with Gasteiger partial charge in [-0.25, -0.2) is 0 Å². The highest BCUT2D eigenvalue weighted by Crippen LogP contribution is 2.56. The van der Waals surface area contributed by atoms with Crippen molar-refractivity contribution in [2.45, 2.75) is 32.3 Å². The van der Waals surface area contributed by atoms with E-state index in [-0.39, 0.29) is 5.92 Å². The summed E-state index contributed by atoms with van der Waals surface area (Å²) >= 11 is 0. The summed E-state index contributed by atoms with van der Waals surface area (Å²) in [6.07, 6.45) is 1.37. The number of aliphatic hydroxyl groups is 1. The van der Waals surface area contributed by atoms with Gasteiger partial charge in [0.2, 0.25) is 0 Å². The van der Waals surface area contributed by atoms with Gasteiger partial charge >= 0.3 is 0 Å². The van der Waals surface area contributed by atoms with Gasteiger partial charge in [-0.1, -0.05) is 31.8 Å². The first kappa shape index (κ1) is 14.1. The monoisotopic (exact) mass is 264 g/mol. The average Bonchev–Trinajstić information content (AvgIpc) is 3.26. The standard InChI is InChI=1S/C17H16N2O/c1-13(2)17(20,16(12-19)8-9-16)7-6-14-4-3-5-15(10-14)11-18/h3-5,10,13,20H,8-9H2,1-2H3/t17-/m1/s1. The third kappa shape index (κ3) is 2.27. The lowest BCUT2D eigenvalue weighted by Gasteiger charge is -2.31. The van der Waals surface area contributed by atoms with Gasteiger partial charge in [-0.05, 0) is 37.0 Å². The van der Waals surface area contributed by atoms with E-state index in [2.05, 4.69) is 24.0 Å². The minimum absolute atomic E-state index is 0.128. The molecule has 0 aromatic heterocycles. The normalized spacial score (nSPS) is 18.1. The molecule has 0 saturated heterocycles.